The van der Waals surface area contributed by atoms with E-state index < -0.39 is 0 Å². The molecule has 5 aromatic rings. The molecule has 192 valence electrons. The summed E-state index contributed by atoms with van der Waals surface area (Å²) in [5.41, 5.74) is 14.9. The van der Waals surface area contributed by atoms with Gasteiger partial charge in [-0.1, -0.05) is 100 Å². The minimum Gasteiger partial charge on any atom is -0.321 e. The molecule has 0 atom stereocenters. The Kier molecular flexibility index (Phi) is 7.35. The monoisotopic (exact) mass is 498 g/mol. The Morgan fingerprint density at radius 3 is 1.82 bits per heavy atom. The van der Waals surface area contributed by atoms with Gasteiger partial charge in [-0.15, -0.1) is 0 Å². The quantitative estimate of drug-likeness (QED) is 0.231. The van der Waals surface area contributed by atoms with E-state index in [1.807, 2.05) is 0 Å². The number of rotatable bonds is 8. The molecule has 0 radical (unpaired) electrons. The molecule has 0 saturated heterocycles. The van der Waals surface area contributed by atoms with Crippen LogP contribution in [0.4, 0.5) is 17.1 Å². The van der Waals surface area contributed by atoms with Gasteiger partial charge in [-0.2, -0.15) is 0 Å². The normalized spacial score (nSPS) is 11.7. The molecule has 0 amide bonds. The molecule has 2 N–H and O–H groups in total. The van der Waals surface area contributed by atoms with Crippen LogP contribution in [0, 0.1) is 0 Å². The minimum atomic E-state index is -0.279. The van der Waals surface area contributed by atoms with E-state index in [9.17, 15) is 0 Å². The first-order valence-electron chi connectivity index (χ1n) is 13.8. The van der Waals surface area contributed by atoms with Gasteiger partial charge >= 0.3 is 0 Å². The summed E-state index contributed by atoms with van der Waals surface area (Å²) in [6.07, 6.45) is 1.85. The first-order valence-corrected chi connectivity index (χ1v) is 13.8. The summed E-state index contributed by atoms with van der Waals surface area (Å²) in [6.45, 7) is 8.85. The summed E-state index contributed by atoms with van der Waals surface area (Å²) in [4.78, 5) is 2.37. The van der Waals surface area contributed by atoms with Crippen molar-refractivity contribution in [1.29, 1.82) is 0 Å². The number of benzene rings is 5. The number of para-hydroxylation sites is 2. The molecule has 0 heterocycles. The molecule has 0 aromatic heterocycles. The fraction of sp³-hybridized carbons (Fsp3) is 0.222. The summed E-state index contributed by atoms with van der Waals surface area (Å²) in [6, 6.07) is 41.8. The molecular formula is C36H38N2. The number of hydrogen-bond donors (Lipinski definition) is 1. The number of nitrogens with two attached hydrogens (primary N) is 1. The van der Waals surface area contributed by atoms with Crippen molar-refractivity contribution in [1.82, 2.24) is 0 Å². The van der Waals surface area contributed by atoms with Crippen molar-refractivity contribution in [2.24, 2.45) is 5.73 Å². The van der Waals surface area contributed by atoms with Crippen LogP contribution in [0.25, 0.3) is 21.9 Å². The Morgan fingerprint density at radius 2 is 1.24 bits per heavy atom. The third-order valence-electron chi connectivity index (χ3n) is 7.95. The van der Waals surface area contributed by atoms with Crippen LogP contribution in [0.15, 0.2) is 115 Å². The second kappa shape index (κ2) is 10.8. The molecule has 5 rings (SSSR count). The lowest BCUT2D eigenvalue weighted by Crippen LogP contribution is -2.34. The van der Waals surface area contributed by atoms with Crippen molar-refractivity contribution in [2.75, 3.05) is 4.90 Å². The second-order valence-corrected chi connectivity index (χ2v) is 10.6. The van der Waals surface area contributed by atoms with Crippen molar-refractivity contribution < 1.29 is 0 Å². The van der Waals surface area contributed by atoms with Crippen molar-refractivity contribution in [3.05, 3.63) is 126 Å². The lowest BCUT2D eigenvalue weighted by Gasteiger charge is -2.29. The smallest absolute Gasteiger partial charge is 0.0542 e. The predicted molar refractivity (Wildman–Crippen MR) is 165 cm³/mol. The van der Waals surface area contributed by atoms with Gasteiger partial charge in [0.15, 0.2) is 0 Å². The van der Waals surface area contributed by atoms with E-state index in [1.54, 1.807) is 0 Å². The first-order chi connectivity index (χ1) is 18.4. The predicted octanol–water partition coefficient (Wildman–Crippen LogP) is 10.1. The lowest BCUT2D eigenvalue weighted by molar-refractivity contribution is 0.413. The van der Waals surface area contributed by atoms with Crippen LogP contribution in [0.3, 0.4) is 0 Å². The second-order valence-electron chi connectivity index (χ2n) is 10.6. The molecule has 2 heteroatoms. The number of hydrogen-bond acceptors (Lipinski definition) is 2. The zero-order valence-corrected chi connectivity index (χ0v) is 23.0. The van der Waals surface area contributed by atoms with E-state index in [4.69, 9.17) is 5.73 Å². The van der Waals surface area contributed by atoms with Crippen LogP contribution in [-0.2, 0) is 5.54 Å². The summed E-state index contributed by atoms with van der Waals surface area (Å²) >= 11 is 0. The molecule has 0 bridgehead atoms. The Bertz CT molecular complexity index is 1480. The van der Waals surface area contributed by atoms with Crippen molar-refractivity contribution in [2.45, 2.75) is 52.0 Å². The van der Waals surface area contributed by atoms with Gasteiger partial charge < -0.3 is 10.6 Å². The van der Waals surface area contributed by atoms with Gasteiger partial charge in [0.2, 0.25) is 0 Å². The molecule has 0 aliphatic carbocycles. The Morgan fingerprint density at radius 1 is 0.658 bits per heavy atom. The third-order valence-corrected chi connectivity index (χ3v) is 7.95. The van der Waals surface area contributed by atoms with Crippen molar-refractivity contribution in [3.63, 3.8) is 0 Å². The van der Waals surface area contributed by atoms with E-state index in [-0.39, 0.29) is 5.54 Å². The summed E-state index contributed by atoms with van der Waals surface area (Å²) in [7, 11) is 0. The van der Waals surface area contributed by atoms with Crippen LogP contribution in [0.2, 0.25) is 0 Å². The third kappa shape index (κ3) is 4.97. The highest BCUT2D eigenvalue weighted by atomic mass is 15.1. The van der Waals surface area contributed by atoms with Gasteiger partial charge in [0.05, 0.1) is 5.69 Å². The minimum absolute atomic E-state index is 0.279. The number of fused-ring (bicyclic) bond motifs is 1. The molecule has 2 nitrogen and oxygen atoms in total. The molecular weight excluding hydrogens is 460 g/mol. The van der Waals surface area contributed by atoms with Gasteiger partial charge in [0, 0.05) is 22.5 Å². The zero-order chi connectivity index (χ0) is 26.7. The maximum Gasteiger partial charge on any atom is 0.0542 e. The average molecular weight is 499 g/mol. The molecule has 0 unspecified atom stereocenters. The van der Waals surface area contributed by atoms with Gasteiger partial charge in [-0.05, 0) is 88.7 Å². The maximum absolute atomic E-state index is 6.73. The highest BCUT2D eigenvalue weighted by Crippen LogP contribution is 2.42. The van der Waals surface area contributed by atoms with E-state index in [1.165, 1.54) is 38.7 Å². The van der Waals surface area contributed by atoms with Crippen molar-refractivity contribution in [3.8, 4) is 11.1 Å². The molecule has 0 aliphatic heterocycles. The molecule has 38 heavy (non-hydrogen) atoms. The van der Waals surface area contributed by atoms with Crippen LogP contribution in [0.5, 0.6) is 0 Å². The Balaban J connectivity index is 1.69. The first kappa shape index (κ1) is 25.8. The van der Waals surface area contributed by atoms with Crippen LogP contribution < -0.4 is 10.6 Å². The van der Waals surface area contributed by atoms with Gasteiger partial charge in [0.25, 0.3) is 0 Å². The van der Waals surface area contributed by atoms with Crippen LogP contribution >= 0.6 is 0 Å². The van der Waals surface area contributed by atoms with E-state index in [0.717, 1.165) is 24.2 Å². The van der Waals surface area contributed by atoms with E-state index in [2.05, 4.69) is 148 Å². The SMILES string of the molecule is CCC(N)(CC)c1ccc2cc(-c3ccc(C(C)C)cc3N(c3ccccc3)c3ccccc3)ccc2c1. The van der Waals surface area contributed by atoms with Crippen molar-refractivity contribution >= 4 is 27.8 Å². The van der Waals surface area contributed by atoms with E-state index in [0.29, 0.717) is 5.92 Å². The van der Waals surface area contributed by atoms with Crippen LogP contribution in [-0.4, -0.2) is 0 Å². The Hall–Kier alpha value is -3.88. The van der Waals surface area contributed by atoms with Gasteiger partial charge in [-0.25, -0.2) is 0 Å². The van der Waals surface area contributed by atoms with Gasteiger partial charge in [0.1, 0.15) is 0 Å². The standard InChI is InChI=1S/C36H38N2/c1-5-36(37,6-2)31-21-19-28-23-30(18-17-29(28)24-31)34-22-20-27(26(3)4)25-35(34)38(32-13-9-7-10-14-32)33-15-11-8-12-16-33/h7-26H,5-6,37H2,1-4H3. The molecule has 5 aromatic carbocycles. The maximum atomic E-state index is 6.73. The molecule has 0 spiro atoms. The topological polar surface area (TPSA) is 29.3 Å². The summed E-state index contributed by atoms with van der Waals surface area (Å²) in [5, 5.41) is 2.46. The summed E-state index contributed by atoms with van der Waals surface area (Å²) < 4.78 is 0. The lowest BCUT2D eigenvalue weighted by atomic mass is 9.84. The number of nitrogens with zero attached hydrogens (tertiary/aromatic N) is 1. The largest absolute Gasteiger partial charge is 0.321 e. The molecule has 0 fully saturated rings. The molecule has 0 aliphatic rings. The average Bonchev–Trinajstić information content (AvgIpc) is 2.97. The fourth-order valence-electron chi connectivity index (χ4n) is 5.30. The Labute approximate surface area is 227 Å². The fourth-order valence-corrected chi connectivity index (χ4v) is 5.30. The highest BCUT2D eigenvalue weighted by Gasteiger charge is 2.23. The number of anilines is 3. The van der Waals surface area contributed by atoms with Crippen LogP contribution in [0.1, 0.15) is 57.6 Å². The zero-order valence-electron chi connectivity index (χ0n) is 23.0. The van der Waals surface area contributed by atoms with Gasteiger partial charge in [-0.3, -0.25) is 0 Å². The highest BCUT2D eigenvalue weighted by molar-refractivity contribution is 5.93. The summed E-state index contributed by atoms with van der Waals surface area (Å²) in [5.74, 6) is 0.430. The van der Waals surface area contributed by atoms with E-state index >= 15 is 0 Å². The molecule has 0 saturated carbocycles.